The Morgan fingerprint density at radius 1 is 0.962 bits per heavy atom. The molecule has 0 radical (unpaired) electrons. The normalized spacial score (nSPS) is 16.1. The summed E-state index contributed by atoms with van der Waals surface area (Å²) in [5.74, 6) is 1.04. The summed E-state index contributed by atoms with van der Waals surface area (Å²) >= 11 is 0. The minimum atomic E-state index is 0.693. The second kappa shape index (κ2) is 9.75. The van der Waals surface area contributed by atoms with Crippen LogP contribution in [0.3, 0.4) is 0 Å². The molecule has 1 aliphatic heterocycles. The number of likely N-dealkylation sites (tertiary alicyclic amines) is 1. The highest BCUT2D eigenvalue weighted by Gasteiger charge is 2.24. The molecule has 140 valence electrons. The molecule has 26 heavy (non-hydrogen) atoms. The molecule has 3 heteroatoms. The first-order chi connectivity index (χ1) is 12.8. The van der Waals surface area contributed by atoms with Gasteiger partial charge >= 0.3 is 0 Å². The molecule has 0 saturated carbocycles. The summed E-state index contributed by atoms with van der Waals surface area (Å²) in [5, 5.41) is 0. The number of benzene rings is 2. The number of ether oxygens (including phenoxy) is 1. The lowest BCUT2D eigenvalue weighted by Crippen LogP contribution is -2.44. The van der Waals surface area contributed by atoms with Gasteiger partial charge in [-0.3, -0.25) is 9.80 Å². The van der Waals surface area contributed by atoms with Gasteiger partial charge in [0, 0.05) is 24.7 Å². The van der Waals surface area contributed by atoms with Crippen LogP contribution in [0.5, 0.6) is 5.75 Å². The smallest absolute Gasteiger partial charge is 0.123 e. The van der Waals surface area contributed by atoms with Crippen LogP contribution in [-0.4, -0.2) is 42.1 Å². The molecule has 2 aromatic rings. The van der Waals surface area contributed by atoms with Gasteiger partial charge in [0.25, 0.3) is 0 Å². The molecule has 3 nitrogen and oxygen atoms in total. The SMILES string of the molecule is CCOc1ccccc1CN1CCC(N(CC)Cc2ccccc2)CC1. The third kappa shape index (κ3) is 5.09. The molecule has 0 amide bonds. The Morgan fingerprint density at radius 3 is 2.35 bits per heavy atom. The minimum absolute atomic E-state index is 0.693. The van der Waals surface area contributed by atoms with E-state index in [0.717, 1.165) is 45.1 Å². The van der Waals surface area contributed by atoms with Crippen LogP contribution in [0, 0.1) is 0 Å². The van der Waals surface area contributed by atoms with Gasteiger partial charge in [-0.1, -0.05) is 55.5 Å². The van der Waals surface area contributed by atoms with Crippen molar-refractivity contribution in [2.24, 2.45) is 0 Å². The molecule has 0 bridgehead atoms. The summed E-state index contributed by atoms with van der Waals surface area (Å²) in [6.07, 6.45) is 2.49. The molecule has 0 spiro atoms. The lowest BCUT2D eigenvalue weighted by Gasteiger charge is -2.38. The van der Waals surface area contributed by atoms with Crippen molar-refractivity contribution in [3.05, 3.63) is 65.7 Å². The predicted molar refractivity (Wildman–Crippen MR) is 108 cm³/mol. The van der Waals surface area contributed by atoms with Gasteiger partial charge in [0.15, 0.2) is 0 Å². The standard InChI is InChI=1S/C23H32N2O/c1-3-25(18-20-10-6-5-7-11-20)22-14-16-24(17-15-22)19-21-12-8-9-13-23(21)26-4-2/h5-13,22H,3-4,14-19H2,1-2H3. The van der Waals surface area contributed by atoms with E-state index in [1.807, 2.05) is 6.92 Å². The van der Waals surface area contributed by atoms with Crippen LogP contribution in [0.2, 0.25) is 0 Å². The van der Waals surface area contributed by atoms with Crippen molar-refractivity contribution in [2.45, 2.75) is 45.8 Å². The molecule has 1 aliphatic rings. The molecule has 0 N–H and O–H groups in total. The molecule has 0 aromatic heterocycles. The summed E-state index contributed by atoms with van der Waals surface area (Å²) in [7, 11) is 0. The second-order valence-corrected chi connectivity index (χ2v) is 7.10. The van der Waals surface area contributed by atoms with Gasteiger partial charge < -0.3 is 4.74 Å². The molecule has 2 aromatic carbocycles. The van der Waals surface area contributed by atoms with Crippen LogP contribution in [-0.2, 0) is 13.1 Å². The minimum Gasteiger partial charge on any atom is -0.494 e. The first kappa shape index (κ1) is 18.9. The van der Waals surface area contributed by atoms with E-state index in [1.165, 1.54) is 24.0 Å². The third-order valence-electron chi connectivity index (χ3n) is 5.37. The van der Waals surface area contributed by atoms with E-state index in [4.69, 9.17) is 4.74 Å². The lowest BCUT2D eigenvalue weighted by atomic mass is 10.0. The first-order valence-electron chi connectivity index (χ1n) is 10.0. The monoisotopic (exact) mass is 352 g/mol. The molecular weight excluding hydrogens is 320 g/mol. The quantitative estimate of drug-likeness (QED) is 0.692. The number of para-hydroxylation sites is 1. The van der Waals surface area contributed by atoms with Gasteiger partial charge in [-0.15, -0.1) is 0 Å². The molecule has 0 unspecified atom stereocenters. The van der Waals surface area contributed by atoms with Crippen LogP contribution in [0.1, 0.15) is 37.8 Å². The number of hydrogen-bond acceptors (Lipinski definition) is 3. The Hall–Kier alpha value is -1.84. The highest BCUT2D eigenvalue weighted by atomic mass is 16.5. The Kier molecular flexibility index (Phi) is 7.10. The van der Waals surface area contributed by atoms with E-state index >= 15 is 0 Å². The van der Waals surface area contributed by atoms with E-state index in [9.17, 15) is 0 Å². The van der Waals surface area contributed by atoms with Gasteiger partial charge in [-0.05, 0) is 51.0 Å². The second-order valence-electron chi connectivity index (χ2n) is 7.10. The van der Waals surface area contributed by atoms with Crippen LogP contribution in [0.15, 0.2) is 54.6 Å². The van der Waals surface area contributed by atoms with Gasteiger partial charge in [-0.25, -0.2) is 0 Å². The molecule has 0 atom stereocenters. The average Bonchev–Trinajstić information content (AvgIpc) is 2.69. The van der Waals surface area contributed by atoms with Crippen LogP contribution in [0.4, 0.5) is 0 Å². The molecule has 0 aliphatic carbocycles. The fourth-order valence-electron chi connectivity index (χ4n) is 3.93. The van der Waals surface area contributed by atoms with Crippen LogP contribution >= 0.6 is 0 Å². The summed E-state index contributed by atoms with van der Waals surface area (Å²) in [5.41, 5.74) is 2.73. The summed E-state index contributed by atoms with van der Waals surface area (Å²) in [6, 6.07) is 20.0. The van der Waals surface area contributed by atoms with Gasteiger partial charge in [-0.2, -0.15) is 0 Å². The topological polar surface area (TPSA) is 15.7 Å². The van der Waals surface area contributed by atoms with E-state index < -0.39 is 0 Å². The molecule has 3 rings (SSSR count). The van der Waals surface area contributed by atoms with Crippen molar-refractivity contribution in [1.29, 1.82) is 0 Å². The zero-order chi connectivity index (χ0) is 18.2. The zero-order valence-electron chi connectivity index (χ0n) is 16.2. The Labute approximate surface area is 158 Å². The van der Waals surface area contributed by atoms with Crippen LogP contribution in [0.25, 0.3) is 0 Å². The lowest BCUT2D eigenvalue weighted by molar-refractivity contribution is 0.103. The summed E-state index contributed by atoms with van der Waals surface area (Å²) < 4.78 is 5.79. The summed E-state index contributed by atoms with van der Waals surface area (Å²) in [6.45, 7) is 10.6. The number of hydrogen-bond donors (Lipinski definition) is 0. The largest absolute Gasteiger partial charge is 0.494 e. The summed E-state index contributed by atoms with van der Waals surface area (Å²) in [4.78, 5) is 5.21. The molecule has 1 heterocycles. The Morgan fingerprint density at radius 2 is 1.65 bits per heavy atom. The van der Waals surface area contributed by atoms with Crippen molar-refractivity contribution < 1.29 is 4.74 Å². The zero-order valence-corrected chi connectivity index (χ0v) is 16.2. The molecular formula is C23H32N2O. The first-order valence-corrected chi connectivity index (χ1v) is 10.0. The fourth-order valence-corrected chi connectivity index (χ4v) is 3.93. The van der Waals surface area contributed by atoms with Crippen molar-refractivity contribution in [3.8, 4) is 5.75 Å². The third-order valence-corrected chi connectivity index (χ3v) is 5.37. The van der Waals surface area contributed by atoms with Crippen molar-refractivity contribution in [2.75, 3.05) is 26.2 Å². The molecule has 1 fully saturated rings. The maximum Gasteiger partial charge on any atom is 0.123 e. The van der Waals surface area contributed by atoms with E-state index in [0.29, 0.717) is 6.04 Å². The van der Waals surface area contributed by atoms with Crippen molar-refractivity contribution in [1.82, 2.24) is 9.80 Å². The number of rotatable bonds is 8. The fraction of sp³-hybridized carbons (Fsp3) is 0.478. The van der Waals surface area contributed by atoms with E-state index in [-0.39, 0.29) is 0 Å². The number of piperidine rings is 1. The highest BCUT2D eigenvalue weighted by Crippen LogP contribution is 2.24. The maximum absolute atomic E-state index is 5.79. The van der Waals surface area contributed by atoms with Crippen molar-refractivity contribution in [3.63, 3.8) is 0 Å². The Bertz CT molecular complexity index is 650. The van der Waals surface area contributed by atoms with E-state index in [1.54, 1.807) is 0 Å². The molecule has 1 saturated heterocycles. The highest BCUT2D eigenvalue weighted by molar-refractivity contribution is 5.33. The average molecular weight is 353 g/mol. The van der Waals surface area contributed by atoms with Gasteiger partial charge in [0.05, 0.1) is 6.61 Å². The van der Waals surface area contributed by atoms with E-state index in [2.05, 4.69) is 71.3 Å². The Balaban J connectivity index is 1.53. The van der Waals surface area contributed by atoms with Gasteiger partial charge in [0.2, 0.25) is 0 Å². The maximum atomic E-state index is 5.79. The van der Waals surface area contributed by atoms with Crippen molar-refractivity contribution >= 4 is 0 Å². The van der Waals surface area contributed by atoms with Crippen LogP contribution < -0.4 is 4.74 Å². The number of nitrogens with zero attached hydrogens (tertiary/aromatic N) is 2. The predicted octanol–water partition coefficient (Wildman–Crippen LogP) is 4.57. The van der Waals surface area contributed by atoms with Gasteiger partial charge in [0.1, 0.15) is 5.75 Å².